The van der Waals surface area contributed by atoms with Crippen molar-refractivity contribution in [3.8, 4) is 0 Å². The number of rotatable bonds is 5. The minimum atomic E-state index is -0.764. The van der Waals surface area contributed by atoms with E-state index in [-0.39, 0.29) is 18.9 Å². The summed E-state index contributed by atoms with van der Waals surface area (Å²) in [5.74, 6) is -0.393. The minimum Gasteiger partial charge on any atom is -0.481 e. The van der Waals surface area contributed by atoms with Gasteiger partial charge in [0.2, 0.25) is 5.91 Å². The standard InChI is InChI=1S/C13H19N3O3/c17-12(10-16-8-2-6-14-16)15-7-1-3-11(9-15)4-5-13(18)19/h2,6,8,11H,1,3-5,7,9-10H2,(H,18,19)/t11-/m1/s1. The fourth-order valence-corrected chi connectivity index (χ4v) is 2.49. The third-order valence-corrected chi connectivity index (χ3v) is 3.49. The molecule has 1 aliphatic rings. The second-order valence-electron chi connectivity index (χ2n) is 4.98. The van der Waals surface area contributed by atoms with Gasteiger partial charge in [0.15, 0.2) is 0 Å². The Morgan fingerprint density at radius 2 is 2.26 bits per heavy atom. The van der Waals surface area contributed by atoms with Crippen LogP contribution in [0.2, 0.25) is 0 Å². The number of aliphatic carboxylic acids is 1. The number of nitrogens with zero attached hydrogens (tertiary/aromatic N) is 3. The molecule has 104 valence electrons. The molecule has 0 spiro atoms. The number of carboxylic acids is 1. The van der Waals surface area contributed by atoms with Crippen molar-refractivity contribution in [2.45, 2.75) is 32.2 Å². The molecule has 0 saturated carbocycles. The van der Waals surface area contributed by atoms with Crippen molar-refractivity contribution in [1.29, 1.82) is 0 Å². The number of piperidine rings is 1. The molecule has 2 rings (SSSR count). The second-order valence-corrected chi connectivity index (χ2v) is 4.98. The zero-order chi connectivity index (χ0) is 13.7. The van der Waals surface area contributed by atoms with E-state index in [1.54, 1.807) is 23.1 Å². The van der Waals surface area contributed by atoms with Crippen LogP contribution in [0.3, 0.4) is 0 Å². The van der Waals surface area contributed by atoms with Crippen LogP contribution in [0.1, 0.15) is 25.7 Å². The number of carbonyl (C=O) groups is 2. The van der Waals surface area contributed by atoms with Gasteiger partial charge in [0.1, 0.15) is 6.54 Å². The maximum absolute atomic E-state index is 12.1. The molecule has 1 aromatic rings. The van der Waals surface area contributed by atoms with E-state index in [9.17, 15) is 9.59 Å². The van der Waals surface area contributed by atoms with Crippen molar-refractivity contribution >= 4 is 11.9 Å². The molecule has 19 heavy (non-hydrogen) atoms. The average Bonchev–Trinajstić information content (AvgIpc) is 2.89. The third kappa shape index (κ3) is 4.08. The van der Waals surface area contributed by atoms with Crippen molar-refractivity contribution < 1.29 is 14.7 Å². The first-order valence-electron chi connectivity index (χ1n) is 6.62. The summed E-state index contributed by atoms with van der Waals surface area (Å²) in [7, 11) is 0. The summed E-state index contributed by atoms with van der Waals surface area (Å²) in [5.41, 5.74) is 0. The zero-order valence-electron chi connectivity index (χ0n) is 10.9. The van der Waals surface area contributed by atoms with Gasteiger partial charge in [-0.1, -0.05) is 0 Å². The van der Waals surface area contributed by atoms with Crippen LogP contribution < -0.4 is 0 Å². The smallest absolute Gasteiger partial charge is 0.303 e. The Kier molecular flexibility index (Phi) is 4.54. The van der Waals surface area contributed by atoms with E-state index in [0.29, 0.717) is 18.9 Å². The SMILES string of the molecule is O=C(O)CC[C@H]1CCCN(C(=O)Cn2cccn2)C1. The van der Waals surface area contributed by atoms with Gasteiger partial charge in [-0.2, -0.15) is 5.10 Å². The van der Waals surface area contributed by atoms with Crippen molar-refractivity contribution in [1.82, 2.24) is 14.7 Å². The number of aromatic nitrogens is 2. The van der Waals surface area contributed by atoms with Gasteiger partial charge in [0.25, 0.3) is 0 Å². The summed E-state index contributed by atoms with van der Waals surface area (Å²) < 4.78 is 1.61. The summed E-state index contributed by atoms with van der Waals surface area (Å²) in [6.07, 6.45) is 6.23. The fourth-order valence-electron chi connectivity index (χ4n) is 2.49. The topological polar surface area (TPSA) is 75.4 Å². The van der Waals surface area contributed by atoms with Crippen LogP contribution in [-0.4, -0.2) is 44.8 Å². The summed E-state index contributed by atoms with van der Waals surface area (Å²) in [5, 5.41) is 12.7. The van der Waals surface area contributed by atoms with Crippen LogP contribution in [0.4, 0.5) is 0 Å². The van der Waals surface area contributed by atoms with E-state index in [1.165, 1.54) is 0 Å². The third-order valence-electron chi connectivity index (χ3n) is 3.49. The Morgan fingerprint density at radius 1 is 1.42 bits per heavy atom. The lowest BCUT2D eigenvalue weighted by molar-refractivity contribution is -0.137. The Morgan fingerprint density at radius 3 is 2.95 bits per heavy atom. The van der Waals surface area contributed by atoms with Gasteiger partial charge in [-0.25, -0.2) is 0 Å². The molecule has 1 aliphatic heterocycles. The summed E-state index contributed by atoms with van der Waals surface area (Å²) in [4.78, 5) is 24.5. The van der Waals surface area contributed by atoms with Gasteiger partial charge in [0.05, 0.1) is 0 Å². The Bertz CT molecular complexity index is 430. The van der Waals surface area contributed by atoms with E-state index in [4.69, 9.17) is 5.11 Å². The van der Waals surface area contributed by atoms with Gasteiger partial charge < -0.3 is 10.0 Å². The van der Waals surface area contributed by atoms with Crippen LogP contribution >= 0.6 is 0 Å². The highest BCUT2D eigenvalue weighted by atomic mass is 16.4. The highest BCUT2D eigenvalue weighted by molar-refractivity contribution is 5.76. The maximum Gasteiger partial charge on any atom is 0.303 e. The number of hydrogen-bond donors (Lipinski definition) is 1. The van der Waals surface area contributed by atoms with Crippen molar-refractivity contribution in [2.75, 3.05) is 13.1 Å². The first-order valence-corrected chi connectivity index (χ1v) is 6.62. The van der Waals surface area contributed by atoms with E-state index in [0.717, 1.165) is 19.4 Å². The lowest BCUT2D eigenvalue weighted by Gasteiger charge is -2.32. The molecule has 0 bridgehead atoms. The van der Waals surface area contributed by atoms with Crippen LogP contribution in [0.15, 0.2) is 18.5 Å². The molecule has 6 heteroatoms. The second kappa shape index (κ2) is 6.36. The molecule has 2 heterocycles. The minimum absolute atomic E-state index is 0.0590. The van der Waals surface area contributed by atoms with Gasteiger partial charge in [-0.15, -0.1) is 0 Å². The number of hydrogen-bond acceptors (Lipinski definition) is 3. The molecule has 6 nitrogen and oxygen atoms in total. The quantitative estimate of drug-likeness (QED) is 0.861. The molecule has 1 aromatic heterocycles. The first kappa shape index (κ1) is 13.6. The summed E-state index contributed by atoms with van der Waals surface area (Å²) >= 11 is 0. The first-order chi connectivity index (χ1) is 9.15. The van der Waals surface area contributed by atoms with Crippen LogP contribution in [-0.2, 0) is 16.1 Å². The van der Waals surface area contributed by atoms with Crippen molar-refractivity contribution in [3.63, 3.8) is 0 Å². The van der Waals surface area contributed by atoms with Crippen molar-refractivity contribution in [3.05, 3.63) is 18.5 Å². The Balaban J connectivity index is 1.82. The molecule has 0 radical (unpaired) electrons. The van der Waals surface area contributed by atoms with E-state index >= 15 is 0 Å². The predicted molar refractivity (Wildman–Crippen MR) is 68.4 cm³/mol. The number of likely N-dealkylation sites (tertiary alicyclic amines) is 1. The molecule has 1 fully saturated rings. The molecule has 0 unspecified atom stereocenters. The average molecular weight is 265 g/mol. The predicted octanol–water partition coefficient (Wildman–Crippen LogP) is 0.986. The lowest BCUT2D eigenvalue weighted by atomic mass is 9.93. The van der Waals surface area contributed by atoms with E-state index < -0.39 is 5.97 Å². The monoisotopic (exact) mass is 265 g/mol. The molecule has 1 N–H and O–H groups in total. The largest absolute Gasteiger partial charge is 0.481 e. The number of carboxylic acid groups (broad SMARTS) is 1. The fraction of sp³-hybridized carbons (Fsp3) is 0.615. The Labute approximate surface area is 112 Å². The van der Waals surface area contributed by atoms with Gasteiger partial charge in [-0.3, -0.25) is 14.3 Å². The molecule has 1 amide bonds. The molecular formula is C13H19N3O3. The van der Waals surface area contributed by atoms with Crippen molar-refractivity contribution in [2.24, 2.45) is 5.92 Å². The van der Waals surface area contributed by atoms with Crippen LogP contribution in [0, 0.1) is 5.92 Å². The molecule has 1 saturated heterocycles. The number of amides is 1. The summed E-state index contributed by atoms with van der Waals surface area (Å²) in [6.45, 7) is 1.70. The molecule has 0 aromatic carbocycles. The van der Waals surface area contributed by atoms with Gasteiger partial charge in [-0.05, 0) is 31.2 Å². The van der Waals surface area contributed by atoms with Crippen LogP contribution in [0.25, 0.3) is 0 Å². The Hall–Kier alpha value is -1.85. The number of carbonyl (C=O) groups excluding carboxylic acids is 1. The van der Waals surface area contributed by atoms with Gasteiger partial charge in [0, 0.05) is 31.9 Å². The highest BCUT2D eigenvalue weighted by Gasteiger charge is 2.24. The normalized spacial score (nSPS) is 19.4. The molecule has 0 aliphatic carbocycles. The lowest BCUT2D eigenvalue weighted by Crippen LogP contribution is -2.41. The maximum atomic E-state index is 12.1. The van der Waals surface area contributed by atoms with Gasteiger partial charge >= 0.3 is 5.97 Å². The summed E-state index contributed by atoms with van der Waals surface area (Å²) in [6, 6.07) is 1.79. The van der Waals surface area contributed by atoms with E-state index in [1.807, 2.05) is 4.90 Å². The zero-order valence-corrected chi connectivity index (χ0v) is 10.9. The van der Waals surface area contributed by atoms with E-state index in [2.05, 4.69) is 5.10 Å². The molecule has 1 atom stereocenters. The van der Waals surface area contributed by atoms with Crippen LogP contribution in [0.5, 0.6) is 0 Å². The molecular weight excluding hydrogens is 246 g/mol. The highest BCUT2D eigenvalue weighted by Crippen LogP contribution is 2.21.